The van der Waals surface area contributed by atoms with Crippen molar-refractivity contribution in [3.05, 3.63) is 58.2 Å². The second-order valence-corrected chi connectivity index (χ2v) is 11.5. The monoisotopic (exact) mass is 517 g/mol. The number of sulfonamides is 1. The molecule has 0 saturated heterocycles. The number of anilines is 1. The number of hydrogen-bond donors (Lipinski definition) is 3. The number of nitrogens with one attached hydrogen (secondary N) is 2. The van der Waals surface area contributed by atoms with Crippen LogP contribution in [-0.4, -0.2) is 38.8 Å². The summed E-state index contributed by atoms with van der Waals surface area (Å²) in [5, 5.41) is 3.45. The number of halogens is 1. The van der Waals surface area contributed by atoms with Gasteiger partial charge in [0, 0.05) is 22.8 Å². The second kappa shape index (κ2) is 10.2. The van der Waals surface area contributed by atoms with Gasteiger partial charge in [-0.3, -0.25) is 4.72 Å². The van der Waals surface area contributed by atoms with E-state index >= 15 is 0 Å². The van der Waals surface area contributed by atoms with Gasteiger partial charge in [0.15, 0.2) is 5.60 Å². The van der Waals surface area contributed by atoms with Crippen molar-refractivity contribution in [3.8, 4) is 11.1 Å². The third-order valence-corrected chi connectivity index (χ3v) is 8.34. The van der Waals surface area contributed by atoms with Crippen LogP contribution in [0.5, 0.6) is 0 Å². The van der Waals surface area contributed by atoms with Crippen LogP contribution in [0.2, 0.25) is 5.02 Å². The fourth-order valence-electron chi connectivity index (χ4n) is 4.91. The molecule has 1 fully saturated rings. The summed E-state index contributed by atoms with van der Waals surface area (Å²) in [7, 11) is -3.48. The first-order valence-corrected chi connectivity index (χ1v) is 14.0. The smallest absolute Gasteiger partial charge is 0.341 e. The molecule has 35 heavy (non-hydrogen) atoms. The molecule has 7 nitrogen and oxygen atoms in total. The molecule has 1 heterocycles. The zero-order chi connectivity index (χ0) is 25.2. The molecule has 4 N–H and O–H groups in total. The van der Waals surface area contributed by atoms with E-state index in [1.165, 1.54) is 0 Å². The lowest BCUT2D eigenvalue weighted by atomic mass is 9.81. The van der Waals surface area contributed by atoms with E-state index in [2.05, 4.69) is 10.0 Å². The van der Waals surface area contributed by atoms with Crippen LogP contribution in [0.3, 0.4) is 0 Å². The minimum Gasteiger partial charge on any atom is -0.449 e. The van der Waals surface area contributed by atoms with Gasteiger partial charge < -0.3 is 15.8 Å². The fraction of sp³-hybridized carbons (Fsp3) is 0.423. The van der Waals surface area contributed by atoms with E-state index in [4.69, 9.17) is 22.1 Å². The summed E-state index contributed by atoms with van der Waals surface area (Å²) in [6.07, 6.45) is 4.57. The van der Waals surface area contributed by atoms with Crippen LogP contribution in [0.25, 0.3) is 16.7 Å². The molecule has 0 unspecified atom stereocenters. The number of ether oxygens (including phenoxy) is 1. The number of aryl methyl sites for hydroxylation is 1. The molecule has 0 radical (unpaired) electrons. The number of nitrogens with two attached hydrogens (primary N) is 1. The Bertz CT molecular complexity index is 1270. The van der Waals surface area contributed by atoms with Crippen molar-refractivity contribution in [3.63, 3.8) is 0 Å². The first kappa shape index (κ1) is 25.5. The molecule has 0 amide bonds. The Labute approximate surface area is 212 Å². The van der Waals surface area contributed by atoms with E-state index in [9.17, 15) is 13.2 Å². The lowest BCUT2D eigenvalue weighted by Crippen LogP contribution is -2.37. The number of benzene rings is 2. The molecule has 188 valence electrons. The van der Waals surface area contributed by atoms with Crippen LogP contribution in [0.15, 0.2) is 42.1 Å². The van der Waals surface area contributed by atoms with Gasteiger partial charge in [-0.1, -0.05) is 37.1 Å². The van der Waals surface area contributed by atoms with E-state index < -0.39 is 21.6 Å². The molecular weight excluding hydrogens is 486 g/mol. The maximum absolute atomic E-state index is 12.9. The summed E-state index contributed by atoms with van der Waals surface area (Å²) in [4.78, 5) is 12.9. The van der Waals surface area contributed by atoms with Gasteiger partial charge in [-0.25, -0.2) is 13.2 Å². The summed E-state index contributed by atoms with van der Waals surface area (Å²) in [5.74, 6) is -0.418. The van der Waals surface area contributed by atoms with Crippen molar-refractivity contribution in [2.24, 2.45) is 5.73 Å². The standard InChI is InChI=1S/C26H32ClN3O4S/c1-3-29-12-13-35(32,33)30-19-9-7-8-18(15-19)21-14-17(2)20(16-22(21)27)23-24(28)26(34-25(23)31)10-5-4-6-11-26/h7-9,14-16,29-30H,3-6,10-13,28H2,1-2H3. The summed E-state index contributed by atoms with van der Waals surface area (Å²) < 4.78 is 33.2. The van der Waals surface area contributed by atoms with E-state index in [1.807, 2.05) is 26.0 Å². The number of carbonyl (C=O) groups is 1. The lowest BCUT2D eigenvalue weighted by molar-refractivity contribution is -0.147. The van der Waals surface area contributed by atoms with Crippen LogP contribution in [0.4, 0.5) is 5.69 Å². The molecule has 1 spiro atoms. The summed E-state index contributed by atoms with van der Waals surface area (Å²) in [6.45, 7) is 4.91. The molecule has 4 rings (SSSR count). The Morgan fingerprint density at radius 2 is 1.86 bits per heavy atom. The normalized spacial score (nSPS) is 17.6. The van der Waals surface area contributed by atoms with Gasteiger partial charge >= 0.3 is 5.97 Å². The third kappa shape index (κ3) is 5.34. The Morgan fingerprint density at radius 3 is 2.57 bits per heavy atom. The van der Waals surface area contributed by atoms with Crippen LogP contribution in [0, 0.1) is 6.92 Å². The van der Waals surface area contributed by atoms with Gasteiger partial charge in [-0.05, 0) is 80.1 Å². The van der Waals surface area contributed by atoms with Gasteiger partial charge in [-0.2, -0.15) is 0 Å². The highest BCUT2D eigenvalue weighted by Gasteiger charge is 2.47. The predicted molar refractivity (Wildman–Crippen MR) is 141 cm³/mol. The summed E-state index contributed by atoms with van der Waals surface area (Å²) >= 11 is 6.69. The van der Waals surface area contributed by atoms with Crippen LogP contribution in [0.1, 0.15) is 50.2 Å². The highest BCUT2D eigenvalue weighted by Crippen LogP contribution is 2.45. The van der Waals surface area contributed by atoms with Crippen molar-refractivity contribution in [2.75, 3.05) is 23.6 Å². The number of carbonyl (C=O) groups excluding carboxylic acids is 1. The minimum absolute atomic E-state index is 0.0201. The Hall–Kier alpha value is -2.55. The van der Waals surface area contributed by atoms with E-state index in [-0.39, 0.29) is 5.75 Å². The van der Waals surface area contributed by atoms with E-state index in [1.54, 1.807) is 24.3 Å². The van der Waals surface area contributed by atoms with Crippen molar-refractivity contribution in [2.45, 2.75) is 51.6 Å². The highest BCUT2D eigenvalue weighted by atomic mass is 35.5. The Morgan fingerprint density at radius 1 is 1.11 bits per heavy atom. The molecule has 1 aliphatic heterocycles. The number of hydrogen-bond acceptors (Lipinski definition) is 6. The van der Waals surface area contributed by atoms with Crippen LogP contribution >= 0.6 is 11.6 Å². The molecule has 0 bridgehead atoms. The average molecular weight is 518 g/mol. The third-order valence-electron chi connectivity index (χ3n) is 6.74. The predicted octanol–water partition coefficient (Wildman–Crippen LogP) is 4.60. The Balaban J connectivity index is 1.64. The summed E-state index contributed by atoms with van der Waals surface area (Å²) in [6, 6.07) is 10.7. The molecule has 1 aliphatic carbocycles. The molecule has 2 aliphatic rings. The zero-order valence-corrected chi connectivity index (χ0v) is 21.7. The first-order valence-electron chi connectivity index (χ1n) is 12.0. The van der Waals surface area contributed by atoms with Crippen LogP contribution < -0.4 is 15.8 Å². The molecular formula is C26H32ClN3O4S. The molecule has 1 saturated carbocycles. The maximum Gasteiger partial charge on any atom is 0.341 e. The lowest BCUT2D eigenvalue weighted by Gasteiger charge is -2.32. The Kier molecular flexibility index (Phi) is 7.45. The fourth-order valence-corrected chi connectivity index (χ4v) is 6.18. The SMILES string of the molecule is CCNCCS(=O)(=O)Nc1cccc(-c2cc(C)c(C3=C(N)C4(CCCCC4)OC3=O)cc2Cl)c1. The number of esters is 1. The van der Waals surface area contributed by atoms with Crippen LogP contribution in [-0.2, 0) is 19.6 Å². The van der Waals surface area contributed by atoms with E-state index in [0.717, 1.165) is 48.8 Å². The molecule has 9 heteroatoms. The quantitative estimate of drug-likeness (QED) is 0.349. The van der Waals surface area contributed by atoms with Crippen molar-refractivity contribution >= 4 is 38.9 Å². The largest absolute Gasteiger partial charge is 0.449 e. The summed E-state index contributed by atoms with van der Waals surface area (Å²) in [5.41, 5.74) is 10.2. The van der Waals surface area contributed by atoms with E-state index in [0.29, 0.717) is 40.6 Å². The topological polar surface area (TPSA) is 111 Å². The van der Waals surface area contributed by atoms with Gasteiger partial charge in [0.2, 0.25) is 10.0 Å². The maximum atomic E-state index is 12.9. The highest BCUT2D eigenvalue weighted by molar-refractivity contribution is 7.92. The minimum atomic E-state index is -3.48. The van der Waals surface area contributed by atoms with Gasteiger partial charge in [0.05, 0.1) is 17.0 Å². The molecule has 0 atom stereocenters. The number of rotatable bonds is 8. The van der Waals surface area contributed by atoms with Crippen molar-refractivity contribution in [1.29, 1.82) is 0 Å². The first-order chi connectivity index (χ1) is 16.7. The molecule has 2 aromatic carbocycles. The average Bonchev–Trinajstić information content (AvgIpc) is 3.04. The van der Waals surface area contributed by atoms with Gasteiger partial charge in [-0.15, -0.1) is 0 Å². The zero-order valence-electron chi connectivity index (χ0n) is 20.1. The second-order valence-electron chi connectivity index (χ2n) is 9.24. The van der Waals surface area contributed by atoms with Gasteiger partial charge in [0.1, 0.15) is 0 Å². The molecule has 2 aromatic rings. The van der Waals surface area contributed by atoms with Gasteiger partial charge in [0.25, 0.3) is 0 Å². The van der Waals surface area contributed by atoms with Crippen molar-refractivity contribution < 1.29 is 17.9 Å². The van der Waals surface area contributed by atoms with Crippen molar-refractivity contribution in [1.82, 2.24) is 5.32 Å². The molecule has 0 aromatic heterocycles.